The number of hydrogen-bond donors (Lipinski definition) is 2. The molecule has 11 nitrogen and oxygen atoms in total. The summed E-state index contributed by atoms with van der Waals surface area (Å²) in [6.45, 7) is 5.86. The quantitative estimate of drug-likeness (QED) is 0.335. The van der Waals surface area contributed by atoms with Crippen LogP contribution in [0.25, 0.3) is 17.1 Å². The number of hydrogen-bond acceptors (Lipinski definition) is 10. The maximum absolute atomic E-state index is 13.0. The molecule has 3 N–H and O–H groups in total. The summed E-state index contributed by atoms with van der Waals surface area (Å²) in [7, 11) is 1.55. The molecule has 3 heterocycles. The highest BCUT2D eigenvalue weighted by molar-refractivity contribution is 7.12. The van der Waals surface area contributed by atoms with E-state index in [2.05, 4.69) is 35.8 Å². The largest absolute Gasteiger partial charge is 0.497 e. The number of carbonyl (C=O) groups is 1. The summed E-state index contributed by atoms with van der Waals surface area (Å²) in [6, 6.07) is 9.11. The van der Waals surface area contributed by atoms with Crippen LogP contribution in [0.4, 0.5) is 5.82 Å². The highest BCUT2D eigenvalue weighted by Crippen LogP contribution is 2.29. The summed E-state index contributed by atoms with van der Waals surface area (Å²) < 4.78 is 11.3. The molecule has 0 saturated heterocycles. The molecule has 0 aliphatic rings. The highest BCUT2D eigenvalue weighted by Gasteiger charge is 2.25. The molecule has 0 fully saturated rings. The predicted molar refractivity (Wildman–Crippen MR) is 119 cm³/mol. The van der Waals surface area contributed by atoms with Gasteiger partial charge in [0.05, 0.1) is 12.8 Å². The molecule has 0 atom stereocenters. The number of carbonyl (C=O) groups excluding carboxylic acids is 1. The van der Waals surface area contributed by atoms with E-state index in [0.717, 1.165) is 10.4 Å². The third kappa shape index (κ3) is 3.95. The molecule has 0 saturated carbocycles. The van der Waals surface area contributed by atoms with Gasteiger partial charge in [-0.05, 0) is 49.3 Å². The zero-order valence-corrected chi connectivity index (χ0v) is 18.6. The van der Waals surface area contributed by atoms with Gasteiger partial charge < -0.3 is 10.5 Å². The van der Waals surface area contributed by atoms with Gasteiger partial charge in [-0.15, -0.1) is 16.4 Å². The van der Waals surface area contributed by atoms with E-state index in [-0.39, 0.29) is 17.3 Å². The second kappa shape index (κ2) is 8.59. The number of methoxy groups -OCH3 is 1. The first-order valence-corrected chi connectivity index (χ1v) is 10.3. The standard InChI is InChI=1S/C20H20N8O3S/c1-10-8-15(12(3)32-10)11(2)22-24-20(29)16-17(13-6-5-7-14(9-13)30-4)28(27-23-16)19-18(21)25-31-26-19/h5-9H,1-4H3,(H2,21,25)(H,24,29). The number of aryl methyl sites for hydroxylation is 2. The van der Waals surface area contributed by atoms with Crippen LogP contribution in [0.5, 0.6) is 5.75 Å². The Labute approximate surface area is 186 Å². The summed E-state index contributed by atoms with van der Waals surface area (Å²) in [6.07, 6.45) is 0. The van der Waals surface area contributed by atoms with Crippen molar-refractivity contribution in [1.29, 1.82) is 0 Å². The Balaban J connectivity index is 1.74. The molecule has 0 spiro atoms. The average molecular weight is 453 g/mol. The van der Waals surface area contributed by atoms with E-state index in [4.69, 9.17) is 10.5 Å². The maximum Gasteiger partial charge on any atom is 0.294 e. The van der Waals surface area contributed by atoms with Gasteiger partial charge in [0.15, 0.2) is 5.69 Å². The number of anilines is 1. The zero-order valence-electron chi connectivity index (χ0n) is 17.8. The number of amides is 1. The first-order valence-electron chi connectivity index (χ1n) is 9.49. The zero-order chi connectivity index (χ0) is 22.8. The van der Waals surface area contributed by atoms with Crippen LogP contribution in [0.15, 0.2) is 40.1 Å². The number of nitrogens with one attached hydrogen (secondary N) is 1. The average Bonchev–Trinajstić information content (AvgIpc) is 3.49. The first kappa shape index (κ1) is 21.2. The van der Waals surface area contributed by atoms with Gasteiger partial charge in [0, 0.05) is 20.9 Å². The van der Waals surface area contributed by atoms with Gasteiger partial charge in [0.2, 0.25) is 11.6 Å². The van der Waals surface area contributed by atoms with Gasteiger partial charge in [-0.2, -0.15) is 9.78 Å². The lowest BCUT2D eigenvalue weighted by atomic mass is 10.1. The number of nitrogen functional groups attached to an aromatic ring is 1. The number of rotatable bonds is 6. The van der Waals surface area contributed by atoms with Crippen LogP contribution >= 0.6 is 11.3 Å². The van der Waals surface area contributed by atoms with Gasteiger partial charge in [0.25, 0.3) is 5.91 Å². The minimum absolute atomic E-state index is 0.00294. The molecular weight excluding hydrogens is 432 g/mol. The fraction of sp³-hybridized carbons (Fsp3) is 0.200. The molecule has 12 heteroatoms. The number of ether oxygens (including phenoxy) is 1. The Morgan fingerprint density at radius 3 is 2.75 bits per heavy atom. The molecule has 3 aromatic heterocycles. The second-order valence-electron chi connectivity index (χ2n) is 6.87. The lowest BCUT2D eigenvalue weighted by Gasteiger charge is -2.08. The van der Waals surface area contributed by atoms with Crippen molar-refractivity contribution in [2.24, 2.45) is 5.10 Å². The van der Waals surface area contributed by atoms with E-state index < -0.39 is 5.91 Å². The van der Waals surface area contributed by atoms with Crippen LogP contribution in [0, 0.1) is 13.8 Å². The summed E-state index contributed by atoms with van der Waals surface area (Å²) in [5.41, 5.74) is 11.0. The van der Waals surface area contributed by atoms with Crippen molar-refractivity contribution in [3.63, 3.8) is 0 Å². The van der Waals surface area contributed by atoms with Crippen molar-refractivity contribution in [2.75, 3.05) is 12.8 Å². The van der Waals surface area contributed by atoms with Crippen molar-refractivity contribution >= 4 is 28.8 Å². The summed E-state index contributed by atoms with van der Waals surface area (Å²) in [5.74, 6) is 0.152. The van der Waals surface area contributed by atoms with Crippen LogP contribution in [-0.2, 0) is 0 Å². The summed E-state index contributed by atoms with van der Waals surface area (Å²) in [4.78, 5) is 15.3. The molecule has 0 aliphatic carbocycles. The van der Waals surface area contributed by atoms with E-state index in [0.29, 0.717) is 22.7 Å². The van der Waals surface area contributed by atoms with Crippen LogP contribution in [0.3, 0.4) is 0 Å². The van der Waals surface area contributed by atoms with Crippen molar-refractivity contribution in [3.05, 3.63) is 51.3 Å². The van der Waals surface area contributed by atoms with Crippen molar-refractivity contribution in [3.8, 4) is 22.8 Å². The molecular formula is C20H20N8O3S. The fourth-order valence-electron chi connectivity index (χ4n) is 3.19. The number of nitrogens with two attached hydrogens (primary N) is 1. The Bertz CT molecular complexity index is 1320. The van der Waals surface area contributed by atoms with Crippen LogP contribution in [-0.4, -0.2) is 44.0 Å². The highest BCUT2D eigenvalue weighted by atomic mass is 32.1. The van der Waals surface area contributed by atoms with Crippen LogP contribution in [0.2, 0.25) is 0 Å². The van der Waals surface area contributed by atoms with Gasteiger partial charge in [-0.1, -0.05) is 17.3 Å². The molecule has 4 rings (SSSR count). The van der Waals surface area contributed by atoms with Gasteiger partial charge >= 0.3 is 0 Å². The normalized spacial score (nSPS) is 11.6. The van der Waals surface area contributed by atoms with Crippen LogP contribution < -0.4 is 15.9 Å². The SMILES string of the molecule is COc1cccc(-c2c(C(=O)NN=C(C)c3cc(C)sc3C)nnn2-c2nonc2N)c1. The number of hydrazone groups is 1. The molecule has 32 heavy (non-hydrogen) atoms. The summed E-state index contributed by atoms with van der Waals surface area (Å²) in [5, 5.41) is 19.7. The topological polar surface area (TPSA) is 146 Å². The molecule has 1 amide bonds. The van der Waals surface area contributed by atoms with Crippen molar-refractivity contribution in [2.45, 2.75) is 20.8 Å². The third-order valence-electron chi connectivity index (χ3n) is 4.68. The molecule has 0 aliphatic heterocycles. The second-order valence-corrected chi connectivity index (χ2v) is 8.33. The number of nitrogens with zero attached hydrogens (tertiary/aromatic N) is 6. The van der Waals surface area contributed by atoms with E-state index in [1.165, 1.54) is 9.56 Å². The predicted octanol–water partition coefficient (Wildman–Crippen LogP) is 2.74. The molecule has 0 bridgehead atoms. The van der Waals surface area contributed by atoms with E-state index >= 15 is 0 Å². The Morgan fingerprint density at radius 1 is 1.28 bits per heavy atom. The number of thiophene rings is 1. The Kier molecular flexibility index (Phi) is 5.69. The maximum atomic E-state index is 13.0. The number of benzene rings is 1. The van der Waals surface area contributed by atoms with Crippen LogP contribution in [0.1, 0.15) is 32.7 Å². The van der Waals surface area contributed by atoms with Crippen molar-refractivity contribution in [1.82, 2.24) is 30.7 Å². The van der Waals surface area contributed by atoms with Gasteiger partial charge in [-0.25, -0.2) is 10.1 Å². The third-order valence-corrected chi connectivity index (χ3v) is 5.65. The molecule has 0 unspecified atom stereocenters. The smallest absolute Gasteiger partial charge is 0.294 e. The molecule has 4 aromatic rings. The number of aromatic nitrogens is 5. The minimum atomic E-state index is -0.548. The Hall–Kier alpha value is -4.06. The lowest BCUT2D eigenvalue weighted by molar-refractivity contribution is 0.0950. The fourth-order valence-corrected chi connectivity index (χ4v) is 4.16. The van der Waals surface area contributed by atoms with E-state index in [9.17, 15) is 4.79 Å². The van der Waals surface area contributed by atoms with Crippen molar-refractivity contribution < 1.29 is 14.2 Å². The summed E-state index contributed by atoms with van der Waals surface area (Å²) >= 11 is 1.67. The molecule has 164 valence electrons. The lowest BCUT2D eigenvalue weighted by Crippen LogP contribution is -2.21. The van der Waals surface area contributed by atoms with E-state index in [1.807, 2.05) is 26.8 Å². The molecule has 1 aromatic carbocycles. The van der Waals surface area contributed by atoms with E-state index in [1.54, 1.807) is 42.7 Å². The monoisotopic (exact) mass is 452 g/mol. The van der Waals surface area contributed by atoms with Gasteiger partial charge in [0.1, 0.15) is 11.4 Å². The Morgan fingerprint density at radius 2 is 2.09 bits per heavy atom. The first-order chi connectivity index (χ1) is 15.4. The minimum Gasteiger partial charge on any atom is -0.497 e. The van der Waals surface area contributed by atoms with Gasteiger partial charge in [-0.3, -0.25) is 4.79 Å². The molecule has 0 radical (unpaired) electrons.